The first-order valence-corrected chi connectivity index (χ1v) is 5.41. The maximum Gasteiger partial charge on any atom is 0.303 e. The van der Waals surface area contributed by atoms with Gasteiger partial charge in [0.15, 0.2) is 0 Å². The van der Waals surface area contributed by atoms with Crippen molar-refractivity contribution in [1.29, 1.82) is 0 Å². The second-order valence-electron chi connectivity index (χ2n) is 3.76. The number of rotatable bonds is 6. The molecule has 1 rings (SSSR count). The second kappa shape index (κ2) is 6.68. The van der Waals surface area contributed by atoms with Crippen LogP contribution in [-0.2, 0) is 16.0 Å². The molecule has 0 radical (unpaired) electrons. The number of hydrogen-bond acceptors (Lipinski definition) is 2. The number of aliphatic carboxylic acids is 1. The van der Waals surface area contributed by atoms with Gasteiger partial charge in [-0.3, -0.25) is 9.59 Å². The van der Waals surface area contributed by atoms with E-state index >= 15 is 0 Å². The quantitative estimate of drug-likeness (QED) is 0.759. The van der Waals surface area contributed by atoms with Crippen LogP contribution in [0.4, 0.5) is 8.78 Å². The number of benzene rings is 1. The number of amides is 1. The van der Waals surface area contributed by atoms with Gasteiger partial charge in [0, 0.05) is 19.0 Å². The Kier molecular flexibility index (Phi) is 5.23. The molecule has 0 atom stereocenters. The van der Waals surface area contributed by atoms with Gasteiger partial charge in [0.05, 0.1) is 6.42 Å². The number of carboxylic acids is 1. The Labute approximate surface area is 103 Å². The average Bonchev–Trinajstić information content (AvgIpc) is 2.28. The smallest absolute Gasteiger partial charge is 0.303 e. The fourth-order valence-corrected chi connectivity index (χ4v) is 1.37. The molecule has 0 aliphatic rings. The van der Waals surface area contributed by atoms with Crippen LogP contribution in [0.25, 0.3) is 0 Å². The molecule has 1 aromatic carbocycles. The molecule has 98 valence electrons. The highest BCUT2D eigenvalue weighted by Gasteiger charge is 2.08. The van der Waals surface area contributed by atoms with E-state index in [9.17, 15) is 18.4 Å². The minimum Gasteiger partial charge on any atom is -0.481 e. The Morgan fingerprint density at radius 2 is 2.00 bits per heavy atom. The summed E-state index contributed by atoms with van der Waals surface area (Å²) in [5.74, 6) is -2.83. The molecule has 0 aliphatic carbocycles. The Balaban J connectivity index is 2.38. The van der Waals surface area contributed by atoms with E-state index < -0.39 is 23.5 Å². The first-order chi connectivity index (χ1) is 8.49. The van der Waals surface area contributed by atoms with Crippen LogP contribution in [0.2, 0.25) is 0 Å². The van der Waals surface area contributed by atoms with E-state index in [-0.39, 0.29) is 24.9 Å². The molecule has 0 fully saturated rings. The van der Waals surface area contributed by atoms with Gasteiger partial charge in [0.25, 0.3) is 0 Å². The molecular formula is C12H13F2NO3. The number of carbonyl (C=O) groups excluding carboxylic acids is 1. The highest BCUT2D eigenvalue weighted by molar-refractivity contribution is 5.78. The van der Waals surface area contributed by atoms with Crippen molar-refractivity contribution in [2.24, 2.45) is 0 Å². The van der Waals surface area contributed by atoms with E-state index in [1.54, 1.807) is 0 Å². The molecule has 0 aromatic heterocycles. The van der Waals surface area contributed by atoms with Crippen LogP contribution in [0, 0.1) is 11.6 Å². The summed E-state index contributed by atoms with van der Waals surface area (Å²) in [4.78, 5) is 21.6. The maximum atomic E-state index is 13.2. The normalized spacial score (nSPS) is 10.1. The third kappa shape index (κ3) is 4.90. The van der Waals surface area contributed by atoms with E-state index in [1.165, 1.54) is 6.07 Å². The molecular weight excluding hydrogens is 244 g/mol. The molecule has 1 aromatic rings. The van der Waals surface area contributed by atoms with E-state index in [4.69, 9.17) is 5.11 Å². The summed E-state index contributed by atoms with van der Waals surface area (Å²) in [5.41, 5.74) is 0.104. The van der Waals surface area contributed by atoms with Crippen molar-refractivity contribution in [3.05, 3.63) is 35.4 Å². The fourth-order valence-electron chi connectivity index (χ4n) is 1.37. The van der Waals surface area contributed by atoms with Crippen molar-refractivity contribution in [1.82, 2.24) is 5.32 Å². The predicted octanol–water partition coefficient (Wildman–Crippen LogP) is 1.49. The minimum atomic E-state index is -0.936. The highest BCUT2D eigenvalue weighted by atomic mass is 19.1. The first kappa shape index (κ1) is 14.1. The monoisotopic (exact) mass is 257 g/mol. The Morgan fingerprint density at radius 1 is 1.28 bits per heavy atom. The van der Waals surface area contributed by atoms with Crippen LogP contribution >= 0.6 is 0 Å². The van der Waals surface area contributed by atoms with Crippen LogP contribution in [0.5, 0.6) is 0 Å². The van der Waals surface area contributed by atoms with Gasteiger partial charge in [-0.25, -0.2) is 8.78 Å². The zero-order chi connectivity index (χ0) is 13.5. The average molecular weight is 257 g/mol. The molecule has 0 heterocycles. The minimum absolute atomic E-state index is 0.0365. The lowest BCUT2D eigenvalue weighted by Crippen LogP contribution is -2.26. The van der Waals surface area contributed by atoms with Gasteiger partial charge in [0.1, 0.15) is 11.6 Å². The molecule has 0 bridgehead atoms. The largest absolute Gasteiger partial charge is 0.481 e. The van der Waals surface area contributed by atoms with Crippen LogP contribution in [0.15, 0.2) is 18.2 Å². The lowest BCUT2D eigenvalue weighted by Gasteiger charge is -2.05. The van der Waals surface area contributed by atoms with Crippen molar-refractivity contribution in [2.75, 3.05) is 6.54 Å². The van der Waals surface area contributed by atoms with Crippen LogP contribution < -0.4 is 5.32 Å². The number of halogens is 2. The molecule has 0 saturated carbocycles. The van der Waals surface area contributed by atoms with Gasteiger partial charge in [-0.15, -0.1) is 0 Å². The SMILES string of the molecule is O=C(O)CCCNC(=O)Cc1ccc(F)cc1F. The fraction of sp³-hybridized carbons (Fsp3) is 0.333. The summed E-state index contributed by atoms with van der Waals surface area (Å²) in [6.45, 7) is 0.216. The summed E-state index contributed by atoms with van der Waals surface area (Å²) in [6.07, 6.45) is 0.0807. The van der Waals surface area contributed by atoms with Gasteiger partial charge in [-0.05, 0) is 18.1 Å². The van der Waals surface area contributed by atoms with E-state index in [0.29, 0.717) is 12.5 Å². The van der Waals surface area contributed by atoms with Gasteiger partial charge < -0.3 is 10.4 Å². The molecule has 1 amide bonds. The summed E-state index contributed by atoms with van der Waals surface area (Å²) in [5, 5.41) is 10.8. The lowest BCUT2D eigenvalue weighted by atomic mass is 10.1. The van der Waals surface area contributed by atoms with Crippen molar-refractivity contribution in [2.45, 2.75) is 19.3 Å². The second-order valence-corrected chi connectivity index (χ2v) is 3.76. The van der Waals surface area contributed by atoms with Crippen LogP contribution in [0.1, 0.15) is 18.4 Å². The molecule has 0 unspecified atom stereocenters. The van der Waals surface area contributed by atoms with Gasteiger partial charge >= 0.3 is 5.97 Å². The number of nitrogens with one attached hydrogen (secondary N) is 1. The molecule has 4 nitrogen and oxygen atoms in total. The van der Waals surface area contributed by atoms with Crippen molar-refractivity contribution < 1.29 is 23.5 Å². The first-order valence-electron chi connectivity index (χ1n) is 5.41. The Morgan fingerprint density at radius 3 is 2.61 bits per heavy atom. The molecule has 18 heavy (non-hydrogen) atoms. The van der Waals surface area contributed by atoms with Gasteiger partial charge in [-0.1, -0.05) is 6.07 Å². The Bertz CT molecular complexity index is 449. The van der Waals surface area contributed by atoms with Crippen LogP contribution in [-0.4, -0.2) is 23.5 Å². The van der Waals surface area contributed by atoms with Crippen molar-refractivity contribution >= 4 is 11.9 Å². The third-order valence-corrected chi connectivity index (χ3v) is 2.26. The summed E-state index contributed by atoms with van der Waals surface area (Å²) in [7, 11) is 0. The highest BCUT2D eigenvalue weighted by Crippen LogP contribution is 2.09. The van der Waals surface area contributed by atoms with Crippen molar-refractivity contribution in [3.63, 3.8) is 0 Å². The van der Waals surface area contributed by atoms with Gasteiger partial charge in [0.2, 0.25) is 5.91 Å². The standard InChI is InChI=1S/C12H13F2NO3/c13-9-4-3-8(10(14)7-9)6-11(16)15-5-1-2-12(17)18/h3-4,7H,1-2,5-6H2,(H,15,16)(H,17,18). The van der Waals surface area contributed by atoms with Crippen LogP contribution in [0.3, 0.4) is 0 Å². The van der Waals surface area contributed by atoms with E-state index in [0.717, 1.165) is 6.07 Å². The zero-order valence-corrected chi connectivity index (χ0v) is 9.58. The predicted molar refractivity (Wildman–Crippen MR) is 59.9 cm³/mol. The lowest BCUT2D eigenvalue weighted by molar-refractivity contribution is -0.137. The zero-order valence-electron chi connectivity index (χ0n) is 9.58. The molecule has 0 saturated heterocycles. The Hall–Kier alpha value is -1.98. The molecule has 0 spiro atoms. The third-order valence-electron chi connectivity index (χ3n) is 2.26. The van der Waals surface area contributed by atoms with Gasteiger partial charge in [-0.2, -0.15) is 0 Å². The summed E-state index contributed by atoms with van der Waals surface area (Å²) >= 11 is 0. The number of carboxylic acid groups (broad SMARTS) is 1. The molecule has 6 heteroatoms. The summed E-state index contributed by atoms with van der Waals surface area (Å²) in [6, 6.07) is 3.00. The molecule has 0 aliphatic heterocycles. The van der Waals surface area contributed by atoms with E-state index in [1.807, 2.05) is 0 Å². The number of hydrogen-bond donors (Lipinski definition) is 2. The van der Waals surface area contributed by atoms with E-state index in [2.05, 4.69) is 5.32 Å². The maximum absolute atomic E-state index is 13.2. The number of carbonyl (C=O) groups is 2. The summed E-state index contributed by atoms with van der Waals surface area (Å²) < 4.78 is 25.8. The molecule has 2 N–H and O–H groups in total. The van der Waals surface area contributed by atoms with Crippen molar-refractivity contribution in [3.8, 4) is 0 Å². The topological polar surface area (TPSA) is 66.4 Å².